The SMILES string of the molecule is Cc1cc(C)nc(N2CC3CC2CN(C(=O)c2cccnc2F)C3)n1.Cc1cc(C)nc(N2CC3CC2CN(C(=O)c2cccnc2OC2CCCC2)C3)n1.Cc1cc(C)nc(N2CC3CNCC2C3)n1.O=C(O)c1cccnc1F.OC1CCCC1.[H-].[Na+]. The Hall–Kier alpha value is -6.92. The number of rotatable bonds is 8. The Morgan fingerprint density at radius 1 is 0.523 bits per heavy atom. The second kappa shape index (κ2) is 30.1. The number of carbonyl (C=O) groups is 3. The van der Waals surface area contributed by atoms with Gasteiger partial charge in [-0.15, -0.1) is 0 Å². The number of ether oxygens (including phenoxy) is 1. The molecule has 24 heteroatoms. The number of aromatic carboxylic acids is 1. The number of nitrogens with zero attached hydrogens (tertiary/aromatic N) is 14. The van der Waals surface area contributed by atoms with E-state index in [-0.39, 0.29) is 72.7 Å². The van der Waals surface area contributed by atoms with Gasteiger partial charge in [-0.2, -0.15) is 8.78 Å². The number of fused-ring (bicyclic) bond motifs is 6. The zero-order valence-electron chi connectivity index (χ0n) is 52.7. The third kappa shape index (κ3) is 16.7. The molecule has 14 rings (SSSR count). The molecule has 464 valence electrons. The fourth-order valence-electron chi connectivity index (χ4n) is 13.5. The van der Waals surface area contributed by atoms with Gasteiger partial charge < -0.3 is 46.2 Å². The number of aliphatic hydroxyl groups is 1. The van der Waals surface area contributed by atoms with Crippen LogP contribution in [0.25, 0.3) is 0 Å². The molecule has 6 unspecified atom stereocenters. The van der Waals surface area contributed by atoms with Gasteiger partial charge >= 0.3 is 35.5 Å². The number of hydrogen-bond acceptors (Lipinski definition) is 18. The first kappa shape index (κ1) is 65.5. The minimum Gasteiger partial charge on any atom is -1.00 e. The summed E-state index contributed by atoms with van der Waals surface area (Å²) in [6.07, 6.45) is 16.9. The summed E-state index contributed by atoms with van der Waals surface area (Å²) in [5.41, 5.74) is 6.20. The van der Waals surface area contributed by atoms with E-state index in [9.17, 15) is 23.2 Å². The molecule has 3 N–H and O–H groups in total. The molecule has 0 spiro atoms. The maximum Gasteiger partial charge on any atom is 1.00 e. The Morgan fingerprint density at radius 3 is 1.34 bits per heavy atom. The van der Waals surface area contributed by atoms with E-state index in [2.05, 4.69) is 64.9 Å². The van der Waals surface area contributed by atoms with Gasteiger partial charge in [-0.1, -0.05) is 12.8 Å². The molecule has 21 nitrogen and oxygen atoms in total. The van der Waals surface area contributed by atoms with Crippen molar-refractivity contribution in [3.63, 3.8) is 0 Å². The smallest absolute Gasteiger partial charge is 1.00 e. The number of carboxylic acids is 1. The standard InChI is InChI=1S/C23H29N5O2.C18H20FN5O.C12H18N4.C6H4FNO2.C5H10O.Na.H/c1-15-10-16(2)26-23(25-15)28-13-17-11-18(28)14-27(12-17)22(29)20-8-5-9-24-21(20)30-19-6-3-4-7-19;1-11-6-12(2)22-18(21-11)24-9-13-7-14(24)10-23(8-13)17(25)15-4-3-5-20-16(15)19;1-8-3-9(2)15-12(14-8)16-7-10-4-11(16)6-13-5-10;7-5-4(6(9)10)2-1-3-8-5;6-5-3-1-2-4-5;;/h5,8-10,17-19H,3-4,6-7,11-14H2,1-2H3;3-6,13-14H,7-10H2,1-2H3;3,10-11,13H,4-7H2,1-2H3;1-3H,(H,9,10);5-6H,1-4H2;;/q;;;;;+1;-1. The summed E-state index contributed by atoms with van der Waals surface area (Å²) in [5.74, 6) is 1.28. The Morgan fingerprint density at radius 2 is 0.920 bits per heavy atom. The molecule has 6 saturated heterocycles. The van der Waals surface area contributed by atoms with Gasteiger partial charge in [0.05, 0.1) is 11.7 Å². The van der Waals surface area contributed by atoms with Crippen LogP contribution in [-0.4, -0.2) is 172 Å². The van der Waals surface area contributed by atoms with Crippen molar-refractivity contribution in [2.24, 2.45) is 17.8 Å². The van der Waals surface area contributed by atoms with Crippen molar-refractivity contribution in [1.82, 2.24) is 60.0 Å². The van der Waals surface area contributed by atoms with Crippen LogP contribution < -0.4 is 54.3 Å². The van der Waals surface area contributed by atoms with E-state index in [4.69, 9.17) is 14.9 Å². The van der Waals surface area contributed by atoms with Gasteiger partial charge in [0, 0.05) is 123 Å². The molecule has 2 aliphatic carbocycles. The van der Waals surface area contributed by atoms with Crippen LogP contribution in [0.2, 0.25) is 0 Å². The summed E-state index contributed by atoms with van der Waals surface area (Å²) < 4.78 is 32.3. The van der Waals surface area contributed by atoms with E-state index in [1.165, 1.54) is 56.6 Å². The summed E-state index contributed by atoms with van der Waals surface area (Å²) in [6.45, 7) is 19.7. The summed E-state index contributed by atoms with van der Waals surface area (Å²) >= 11 is 0. The summed E-state index contributed by atoms with van der Waals surface area (Å²) in [7, 11) is 0. The number of piperidine rings is 3. The molecule has 8 fully saturated rings. The number of anilines is 3. The number of amides is 2. The van der Waals surface area contributed by atoms with E-state index in [1.807, 2.05) is 76.8 Å². The monoisotopic (exact) mass is 1220 g/mol. The minimum atomic E-state index is -1.30. The third-order valence-electron chi connectivity index (χ3n) is 17.3. The van der Waals surface area contributed by atoms with Crippen molar-refractivity contribution in [1.29, 1.82) is 0 Å². The number of aryl methyl sites for hydroxylation is 6. The topological polar surface area (TPSA) is 245 Å². The summed E-state index contributed by atoms with van der Waals surface area (Å²) in [6, 6.07) is 16.3. The maximum atomic E-state index is 13.8. The predicted molar refractivity (Wildman–Crippen MR) is 325 cm³/mol. The molecule has 6 aromatic rings. The fraction of sp³-hybridized carbons (Fsp3) is 0.531. The van der Waals surface area contributed by atoms with Crippen LogP contribution in [0.1, 0.15) is 137 Å². The maximum absolute atomic E-state index is 13.8. The molecule has 8 aliphatic rings. The van der Waals surface area contributed by atoms with Crippen molar-refractivity contribution in [2.75, 3.05) is 73.6 Å². The van der Waals surface area contributed by atoms with E-state index in [0.29, 0.717) is 49.0 Å². The first-order valence-corrected chi connectivity index (χ1v) is 30.7. The third-order valence-corrected chi connectivity index (χ3v) is 17.3. The molecule has 0 radical (unpaired) electrons. The van der Waals surface area contributed by atoms with Crippen molar-refractivity contribution in [3.05, 3.63) is 136 Å². The predicted octanol–water partition coefficient (Wildman–Crippen LogP) is 4.99. The second-order valence-corrected chi connectivity index (χ2v) is 24.5. The number of pyridine rings is 3. The zero-order valence-corrected chi connectivity index (χ0v) is 53.7. The largest absolute Gasteiger partial charge is 1.00 e. The van der Waals surface area contributed by atoms with E-state index in [1.54, 1.807) is 17.2 Å². The fourth-order valence-corrected chi connectivity index (χ4v) is 13.5. The van der Waals surface area contributed by atoms with Gasteiger partial charge in [-0.3, -0.25) is 9.59 Å². The Balaban J connectivity index is 0.000000156. The van der Waals surface area contributed by atoms with Crippen LogP contribution in [0.5, 0.6) is 5.88 Å². The van der Waals surface area contributed by atoms with Crippen LogP contribution in [0.3, 0.4) is 0 Å². The van der Waals surface area contributed by atoms with E-state index >= 15 is 0 Å². The van der Waals surface area contributed by atoms with Crippen molar-refractivity contribution in [3.8, 4) is 5.88 Å². The van der Waals surface area contributed by atoms with Crippen molar-refractivity contribution in [2.45, 2.75) is 143 Å². The first-order chi connectivity index (χ1) is 41.9. The number of halogens is 2. The number of aliphatic hydroxyl groups excluding tert-OH is 1. The van der Waals surface area contributed by atoms with Gasteiger partial charge in [-0.05, 0) is 178 Å². The van der Waals surface area contributed by atoms with Gasteiger partial charge in [0.2, 0.25) is 35.6 Å². The molecule has 88 heavy (non-hydrogen) atoms. The van der Waals surface area contributed by atoms with Crippen molar-refractivity contribution < 1.29 is 69.1 Å². The number of hydrogen-bond donors (Lipinski definition) is 3. The van der Waals surface area contributed by atoms with E-state index < -0.39 is 23.4 Å². The van der Waals surface area contributed by atoms with E-state index in [0.717, 1.165) is 142 Å². The molecule has 6 bridgehead atoms. The molecule has 2 amide bonds. The average Bonchev–Trinajstić information content (AvgIpc) is 1.95. The van der Waals surface area contributed by atoms with Crippen LogP contribution in [0.4, 0.5) is 26.6 Å². The molecule has 12 heterocycles. The van der Waals surface area contributed by atoms with Crippen molar-refractivity contribution >= 4 is 35.6 Å². The number of aromatic nitrogens is 9. The molecule has 2 saturated carbocycles. The number of likely N-dealkylation sites (tertiary alicyclic amines) is 2. The molecule has 6 aliphatic heterocycles. The van der Waals surface area contributed by atoms with Gasteiger partial charge in [0.15, 0.2) is 0 Å². The normalized spacial score (nSPS) is 22.4. The first-order valence-electron chi connectivity index (χ1n) is 30.7. The Labute approximate surface area is 537 Å². The van der Waals surface area contributed by atoms with Gasteiger partial charge in [0.25, 0.3) is 11.8 Å². The van der Waals surface area contributed by atoms with Crippen LogP contribution in [0.15, 0.2) is 73.2 Å². The molecular weight excluding hydrogens is 1140 g/mol. The Kier molecular flexibility index (Phi) is 22.4. The quantitative estimate of drug-likeness (QED) is 0.134. The zero-order chi connectivity index (χ0) is 61.3. The Bertz CT molecular complexity index is 3330. The average molecular weight is 1220 g/mol. The number of carbonyl (C=O) groups excluding carboxylic acids is 2. The molecule has 0 aromatic carbocycles. The summed E-state index contributed by atoms with van der Waals surface area (Å²) in [5, 5.41) is 20.5. The molecule has 6 atom stereocenters. The summed E-state index contributed by atoms with van der Waals surface area (Å²) in [4.78, 5) is 85.5. The number of carboxylic acid groups (broad SMARTS) is 1. The van der Waals surface area contributed by atoms with Crippen LogP contribution in [-0.2, 0) is 0 Å². The number of nitrogens with one attached hydrogen (secondary N) is 1. The molecular formula is C64H82F2N15NaO6. The van der Waals surface area contributed by atoms with Crippen LogP contribution >= 0.6 is 0 Å². The molecule has 6 aromatic heterocycles. The minimum absolute atomic E-state index is 0. The van der Waals surface area contributed by atoms with Crippen LogP contribution in [0, 0.1) is 71.2 Å². The van der Waals surface area contributed by atoms with Gasteiger partial charge in [0.1, 0.15) is 17.2 Å². The second-order valence-electron chi connectivity index (χ2n) is 24.5. The van der Waals surface area contributed by atoms with Gasteiger partial charge in [-0.25, -0.2) is 49.7 Å².